The molecule has 232 valence electrons. The second kappa shape index (κ2) is 11.9. The number of hydrogen-bond acceptors (Lipinski definition) is 5. The van der Waals surface area contributed by atoms with Crippen LogP contribution in [0.5, 0.6) is 0 Å². The Morgan fingerprint density at radius 3 is 2.29 bits per heavy atom. The van der Waals surface area contributed by atoms with Crippen molar-refractivity contribution >= 4 is 21.9 Å². The van der Waals surface area contributed by atoms with Gasteiger partial charge in [0.2, 0.25) is 10.0 Å². The molecule has 2 aliphatic rings. The summed E-state index contributed by atoms with van der Waals surface area (Å²) in [6, 6.07) is 0.357. The van der Waals surface area contributed by atoms with E-state index in [-0.39, 0.29) is 42.3 Å². The van der Waals surface area contributed by atoms with E-state index in [1.54, 1.807) is 0 Å². The van der Waals surface area contributed by atoms with Gasteiger partial charge >= 0.3 is 18.3 Å². The van der Waals surface area contributed by atoms with Crippen molar-refractivity contribution in [2.24, 2.45) is 11.8 Å². The molecule has 3 N–H and O–H groups in total. The van der Waals surface area contributed by atoms with Gasteiger partial charge in [-0.1, -0.05) is 25.3 Å². The summed E-state index contributed by atoms with van der Waals surface area (Å²) in [7, 11) is -5.24. The zero-order chi connectivity index (χ0) is 31.0. The predicted molar refractivity (Wildman–Crippen MR) is 137 cm³/mol. The number of aliphatic carboxylic acids is 1. The molecule has 2 aliphatic carbocycles. The Kier molecular flexibility index (Phi) is 8.98. The molecule has 4 rings (SSSR count). The van der Waals surface area contributed by atoms with Gasteiger partial charge < -0.3 is 10.4 Å². The number of carboxylic acid groups (broad SMARTS) is 1. The van der Waals surface area contributed by atoms with E-state index in [0.717, 1.165) is 38.2 Å². The van der Waals surface area contributed by atoms with Gasteiger partial charge in [0.15, 0.2) is 5.69 Å². The summed E-state index contributed by atoms with van der Waals surface area (Å²) < 4.78 is 109. The molecule has 2 aromatic rings. The summed E-state index contributed by atoms with van der Waals surface area (Å²) in [6.45, 7) is 0.750. The quantitative estimate of drug-likeness (QED) is 0.338. The Bertz CT molecular complexity index is 1430. The number of carbonyl (C=O) groups excluding carboxylic acids is 1. The van der Waals surface area contributed by atoms with E-state index in [0.29, 0.717) is 19.1 Å². The Morgan fingerprint density at radius 1 is 1.07 bits per heavy atom. The Balaban J connectivity index is 1.70. The first-order valence-corrected chi connectivity index (χ1v) is 14.9. The third kappa shape index (κ3) is 7.25. The highest BCUT2D eigenvalue weighted by molar-refractivity contribution is 7.89. The number of amides is 1. The number of benzene rings is 1. The molecule has 0 aliphatic heterocycles. The van der Waals surface area contributed by atoms with Gasteiger partial charge in [0.25, 0.3) is 5.91 Å². The average Bonchev–Trinajstić information content (AvgIpc) is 3.28. The number of nitrogens with one attached hydrogen (secondary N) is 2. The first-order valence-electron chi connectivity index (χ1n) is 13.4. The molecule has 1 aromatic carbocycles. The van der Waals surface area contributed by atoms with E-state index in [2.05, 4.69) is 10.4 Å². The fourth-order valence-corrected chi connectivity index (χ4v) is 6.66. The number of carbonyl (C=O) groups is 2. The van der Waals surface area contributed by atoms with Gasteiger partial charge in [-0.2, -0.15) is 36.2 Å². The summed E-state index contributed by atoms with van der Waals surface area (Å²) in [5.41, 5.74) is -1.84. The number of rotatable bonds is 9. The van der Waals surface area contributed by atoms with Crippen LogP contribution in [0.3, 0.4) is 0 Å². The summed E-state index contributed by atoms with van der Waals surface area (Å²) in [5, 5.41) is 16.0. The van der Waals surface area contributed by atoms with Crippen LogP contribution in [-0.4, -0.2) is 53.4 Å². The summed E-state index contributed by atoms with van der Waals surface area (Å²) in [5.74, 6) is -2.08. The summed E-state index contributed by atoms with van der Waals surface area (Å²) in [6.07, 6.45) is -5.19. The lowest BCUT2D eigenvalue weighted by atomic mass is 9.80. The third-order valence-corrected chi connectivity index (χ3v) is 9.28. The fraction of sp³-hybridized carbons (Fsp3) is 0.577. The van der Waals surface area contributed by atoms with E-state index in [9.17, 15) is 44.3 Å². The van der Waals surface area contributed by atoms with Crippen molar-refractivity contribution in [2.75, 3.05) is 0 Å². The van der Waals surface area contributed by atoms with Crippen LogP contribution < -0.4 is 10.0 Å². The smallest absolute Gasteiger partial charge is 0.417 e. The highest BCUT2D eigenvalue weighted by atomic mass is 32.2. The van der Waals surface area contributed by atoms with E-state index in [1.807, 2.05) is 0 Å². The largest absolute Gasteiger partial charge is 0.481 e. The Hall–Kier alpha value is -3.14. The van der Waals surface area contributed by atoms with Crippen molar-refractivity contribution < 1.29 is 49.5 Å². The molecular formula is C26H30F6N4O5S. The highest BCUT2D eigenvalue weighted by Crippen LogP contribution is 2.38. The van der Waals surface area contributed by atoms with Crippen LogP contribution in [0.25, 0.3) is 11.3 Å². The van der Waals surface area contributed by atoms with Crippen LogP contribution in [0.2, 0.25) is 0 Å². The molecule has 1 heterocycles. The zero-order valence-electron chi connectivity index (χ0n) is 22.4. The first-order chi connectivity index (χ1) is 19.5. The molecule has 0 bridgehead atoms. The van der Waals surface area contributed by atoms with Gasteiger partial charge in [-0.15, -0.1) is 0 Å². The number of hydrogen-bond donors (Lipinski definition) is 3. The minimum Gasteiger partial charge on any atom is -0.481 e. The monoisotopic (exact) mass is 624 g/mol. The van der Waals surface area contributed by atoms with E-state index in [4.69, 9.17) is 5.11 Å². The maximum Gasteiger partial charge on any atom is 0.417 e. The normalized spacial score (nSPS) is 21.0. The first kappa shape index (κ1) is 31.8. The number of aromatic nitrogens is 2. The molecule has 1 aromatic heterocycles. The molecule has 0 saturated heterocycles. The molecular weight excluding hydrogens is 594 g/mol. The minimum absolute atomic E-state index is 0.0915. The topological polar surface area (TPSA) is 130 Å². The second-order valence-electron chi connectivity index (χ2n) is 10.9. The highest BCUT2D eigenvalue weighted by Gasteiger charge is 2.42. The zero-order valence-corrected chi connectivity index (χ0v) is 23.2. The van der Waals surface area contributed by atoms with E-state index in [1.165, 1.54) is 15.5 Å². The summed E-state index contributed by atoms with van der Waals surface area (Å²) in [4.78, 5) is 22.6. The number of alkyl halides is 6. The lowest BCUT2D eigenvalue weighted by molar-refractivity contribution is -0.147. The maximum absolute atomic E-state index is 14.1. The number of carboxylic acids is 1. The van der Waals surface area contributed by atoms with Crippen LogP contribution >= 0.6 is 0 Å². The molecule has 1 amide bonds. The average molecular weight is 625 g/mol. The standard InChI is InChI=1S/C26H30F6N4O5S/c1-14(25(27,28)29)35-42(40,41)22-8-7-16(11-19(22)26(30,31)32)21-12-20(23(37)33-18-9-17(10-18)24(38)39)34-36(21)13-15-5-3-2-4-6-15/h7-8,11-12,14-15,17-18,35H,2-6,9-10,13H2,1H3,(H,33,37)(H,38,39)/t14-,17?,18?/m0/s1. The maximum atomic E-state index is 14.1. The fourth-order valence-electron chi connectivity index (χ4n) is 5.22. The number of nitrogens with zero attached hydrogens (tertiary/aromatic N) is 2. The molecule has 0 spiro atoms. The Morgan fingerprint density at radius 2 is 1.71 bits per heavy atom. The van der Waals surface area contributed by atoms with Crippen molar-refractivity contribution in [3.05, 3.63) is 35.5 Å². The van der Waals surface area contributed by atoms with Gasteiger partial charge in [0.05, 0.1) is 22.1 Å². The molecule has 2 fully saturated rings. The second-order valence-corrected chi connectivity index (χ2v) is 12.6. The SMILES string of the molecule is C[C@H](NS(=O)(=O)c1ccc(-c2cc(C(=O)NC3CC(C(=O)O)C3)nn2CC2CCCCC2)cc1C(F)(F)F)C(F)(F)F. The molecule has 0 unspecified atom stereocenters. The minimum atomic E-state index is -5.25. The van der Waals surface area contributed by atoms with Gasteiger partial charge in [-0.05, 0) is 56.7 Å². The Labute approximate surface area is 237 Å². The van der Waals surface area contributed by atoms with Crippen molar-refractivity contribution in [2.45, 2.75) is 87.7 Å². The van der Waals surface area contributed by atoms with Crippen LogP contribution in [-0.2, 0) is 27.5 Å². The van der Waals surface area contributed by atoms with Gasteiger partial charge in [0.1, 0.15) is 6.04 Å². The van der Waals surface area contributed by atoms with E-state index < -0.39 is 62.7 Å². The van der Waals surface area contributed by atoms with Crippen LogP contribution in [0.15, 0.2) is 29.2 Å². The van der Waals surface area contributed by atoms with Crippen molar-refractivity contribution in [1.82, 2.24) is 19.8 Å². The lowest BCUT2D eigenvalue weighted by Crippen LogP contribution is -2.46. The molecule has 1 atom stereocenters. The van der Waals surface area contributed by atoms with Crippen molar-refractivity contribution in [3.63, 3.8) is 0 Å². The van der Waals surface area contributed by atoms with Gasteiger partial charge in [-0.3, -0.25) is 14.3 Å². The number of halogens is 6. The number of sulfonamides is 1. The lowest BCUT2D eigenvalue weighted by Gasteiger charge is -2.32. The van der Waals surface area contributed by atoms with E-state index >= 15 is 0 Å². The van der Waals surface area contributed by atoms with Crippen molar-refractivity contribution in [3.8, 4) is 11.3 Å². The van der Waals surface area contributed by atoms with Gasteiger partial charge in [-0.25, -0.2) is 8.42 Å². The molecule has 0 radical (unpaired) electrons. The molecule has 9 nitrogen and oxygen atoms in total. The van der Waals surface area contributed by atoms with Crippen molar-refractivity contribution in [1.29, 1.82) is 0 Å². The van der Waals surface area contributed by atoms with Crippen LogP contribution in [0.4, 0.5) is 26.3 Å². The molecule has 2 saturated carbocycles. The van der Waals surface area contributed by atoms with Crippen LogP contribution in [0, 0.1) is 11.8 Å². The van der Waals surface area contributed by atoms with Crippen LogP contribution in [0.1, 0.15) is 67.9 Å². The molecule has 16 heteroatoms. The van der Waals surface area contributed by atoms with Gasteiger partial charge in [0, 0.05) is 18.2 Å². The molecule has 42 heavy (non-hydrogen) atoms. The predicted octanol–water partition coefficient (Wildman–Crippen LogP) is 4.97. The third-order valence-electron chi connectivity index (χ3n) is 7.68. The summed E-state index contributed by atoms with van der Waals surface area (Å²) >= 11 is 0.